The summed E-state index contributed by atoms with van der Waals surface area (Å²) in [5.41, 5.74) is 0.498. The van der Waals surface area contributed by atoms with Crippen molar-refractivity contribution < 1.29 is 9.53 Å². The van der Waals surface area contributed by atoms with Gasteiger partial charge in [0, 0.05) is 4.47 Å². The van der Waals surface area contributed by atoms with Crippen LogP contribution in [0.15, 0.2) is 22.7 Å². The van der Waals surface area contributed by atoms with Gasteiger partial charge < -0.3 is 4.74 Å². The smallest absolute Gasteiger partial charge is 0.170 e. The number of carbonyl (C=O) groups excluding carboxylic acids is 1. The molecule has 1 spiro atoms. The van der Waals surface area contributed by atoms with Gasteiger partial charge in [0.15, 0.2) is 5.78 Å². The molecule has 1 aliphatic carbocycles. The van der Waals surface area contributed by atoms with E-state index in [0.717, 1.165) is 28.6 Å². The minimum Gasteiger partial charge on any atom is -0.486 e. The molecule has 1 saturated carbocycles. The third-order valence-electron chi connectivity index (χ3n) is 4.76. The Labute approximate surface area is 135 Å². The van der Waals surface area contributed by atoms with Crippen LogP contribution in [0.3, 0.4) is 0 Å². The number of benzene rings is 1. The standard InChI is InChI=1S/C18H23BrO2/c1-12(2)8-13-4-3-7-18(10-13)11-16(20)15-6-5-14(19)9-17(15)21-18/h5-6,9,12-13H,3-4,7-8,10-11H2,1-2H3. The molecule has 0 saturated heterocycles. The maximum atomic E-state index is 12.5. The SMILES string of the molecule is CC(C)CC1CCCC2(CC(=O)c3ccc(Br)cc3O2)C1. The second kappa shape index (κ2) is 5.75. The van der Waals surface area contributed by atoms with E-state index in [4.69, 9.17) is 4.74 Å². The molecule has 2 atom stereocenters. The van der Waals surface area contributed by atoms with Gasteiger partial charge in [-0.25, -0.2) is 0 Å². The summed E-state index contributed by atoms with van der Waals surface area (Å²) < 4.78 is 7.35. The van der Waals surface area contributed by atoms with Crippen LogP contribution in [-0.4, -0.2) is 11.4 Å². The van der Waals surface area contributed by atoms with E-state index < -0.39 is 0 Å². The van der Waals surface area contributed by atoms with Crippen molar-refractivity contribution in [3.63, 3.8) is 0 Å². The van der Waals surface area contributed by atoms with Crippen LogP contribution >= 0.6 is 15.9 Å². The lowest BCUT2D eigenvalue weighted by molar-refractivity contribution is -0.00688. The number of fused-ring (bicyclic) bond motifs is 1. The average Bonchev–Trinajstić information content (AvgIpc) is 2.37. The van der Waals surface area contributed by atoms with Gasteiger partial charge in [-0.3, -0.25) is 4.79 Å². The highest BCUT2D eigenvalue weighted by molar-refractivity contribution is 9.10. The van der Waals surface area contributed by atoms with E-state index in [2.05, 4.69) is 29.8 Å². The summed E-state index contributed by atoms with van der Waals surface area (Å²) in [7, 11) is 0. The molecule has 114 valence electrons. The van der Waals surface area contributed by atoms with Crippen molar-refractivity contribution in [3.05, 3.63) is 28.2 Å². The Bertz CT molecular complexity index is 552. The summed E-state index contributed by atoms with van der Waals surface area (Å²) in [6, 6.07) is 5.74. The minimum absolute atomic E-state index is 0.244. The van der Waals surface area contributed by atoms with Crippen LogP contribution in [0.2, 0.25) is 0 Å². The molecule has 1 aromatic carbocycles. The molecule has 2 unspecified atom stereocenters. The molecule has 1 heterocycles. The van der Waals surface area contributed by atoms with Gasteiger partial charge in [-0.05, 0) is 55.7 Å². The highest BCUT2D eigenvalue weighted by Gasteiger charge is 2.44. The van der Waals surface area contributed by atoms with Gasteiger partial charge in [0.25, 0.3) is 0 Å². The van der Waals surface area contributed by atoms with Crippen LogP contribution in [-0.2, 0) is 0 Å². The molecule has 1 aliphatic heterocycles. The largest absolute Gasteiger partial charge is 0.486 e. The number of ketones is 1. The fraction of sp³-hybridized carbons (Fsp3) is 0.611. The van der Waals surface area contributed by atoms with Gasteiger partial charge in [-0.2, -0.15) is 0 Å². The molecular formula is C18H23BrO2. The maximum absolute atomic E-state index is 12.5. The molecule has 3 heteroatoms. The zero-order chi connectivity index (χ0) is 15.0. The highest BCUT2D eigenvalue weighted by Crippen LogP contribution is 2.45. The summed E-state index contributed by atoms with van der Waals surface area (Å²) in [6.07, 6.45) is 6.29. The van der Waals surface area contributed by atoms with Gasteiger partial charge in [-0.15, -0.1) is 0 Å². The van der Waals surface area contributed by atoms with Crippen molar-refractivity contribution in [2.24, 2.45) is 11.8 Å². The molecule has 0 N–H and O–H groups in total. The number of hydrogen-bond acceptors (Lipinski definition) is 2. The first-order valence-electron chi connectivity index (χ1n) is 7.99. The van der Waals surface area contributed by atoms with Gasteiger partial charge >= 0.3 is 0 Å². The molecule has 1 aromatic rings. The molecule has 0 bridgehead atoms. The first kappa shape index (κ1) is 15.1. The van der Waals surface area contributed by atoms with Gasteiger partial charge in [0.1, 0.15) is 11.4 Å². The van der Waals surface area contributed by atoms with Crippen molar-refractivity contribution in [1.82, 2.24) is 0 Å². The number of Topliss-reactive ketones (excluding diaryl/α,β-unsaturated/α-hetero) is 1. The summed E-state index contributed by atoms with van der Waals surface area (Å²) in [6.45, 7) is 4.56. The average molecular weight is 351 g/mol. The minimum atomic E-state index is -0.247. The van der Waals surface area contributed by atoms with Crippen LogP contribution in [0.4, 0.5) is 0 Å². The summed E-state index contributed by atoms with van der Waals surface area (Å²) in [5, 5.41) is 0. The molecular weight excluding hydrogens is 328 g/mol. The molecule has 2 aliphatic rings. The second-order valence-electron chi connectivity index (χ2n) is 7.12. The van der Waals surface area contributed by atoms with Crippen molar-refractivity contribution in [1.29, 1.82) is 0 Å². The highest BCUT2D eigenvalue weighted by atomic mass is 79.9. The number of ether oxygens (including phenoxy) is 1. The monoisotopic (exact) mass is 350 g/mol. The van der Waals surface area contributed by atoms with E-state index in [1.165, 1.54) is 19.3 Å². The Kier molecular flexibility index (Phi) is 4.13. The molecule has 21 heavy (non-hydrogen) atoms. The Morgan fingerprint density at radius 2 is 2.24 bits per heavy atom. The third kappa shape index (κ3) is 3.18. The zero-order valence-corrected chi connectivity index (χ0v) is 14.4. The van der Waals surface area contributed by atoms with Crippen LogP contribution in [0, 0.1) is 11.8 Å². The summed E-state index contributed by atoms with van der Waals surface area (Å²) >= 11 is 3.48. The molecule has 0 radical (unpaired) electrons. The van der Waals surface area contributed by atoms with Crippen molar-refractivity contribution in [3.8, 4) is 5.75 Å². The fourth-order valence-corrected chi connectivity index (χ4v) is 4.37. The first-order chi connectivity index (χ1) is 9.97. The fourth-order valence-electron chi connectivity index (χ4n) is 4.03. The molecule has 3 rings (SSSR count). The van der Waals surface area contributed by atoms with Crippen LogP contribution in [0.1, 0.15) is 62.7 Å². The zero-order valence-electron chi connectivity index (χ0n) is 12.8. The summed E-state index contributed by atoms with van der Waals surface area (Å²) in [4.78, 5) is 12.5. The lowest BCUT2D eigenvalue weighted by Crippen LogP contribution is -2.46. The second-order valence-corrected chi connectivity index (χ2v) is 8.03. The maximum Gasteiger partial charge on any atom is 0.170 e. The van der Waals surface area contributed by atoms with Crippen LogP contribution in [0.5, 0.6) is 5.75 Å². The van der Waals surface area contributed by atoms with E-state index in [1.807, 2.05) is 18.2 Å². The van der Waals surface area contributed by atoms with Gasteiger partial charge in [-0.1, -0.05) is 36.2 Å². The topological polar surface area (TPSA) is 26.3 Å². The third-order valence-corrected chi connectivity index (χ3v) is 5.26. The Hall–Kier alpha value is -0.830. The number of rotatable bonds is 2. The van der Waals surface area contributed by atoms with E-state index >= 15 is 0 Å². The Morgan fingerprint density at radius 3 is 3.00 bits per heavy atom. The van der Waals surface area contributed by atoms with Gasteiger partial charge in [0.05, 0.1) is 12.0 Å². The molecule has 1 fully saturated rings. The molecule has 2 nitrogen and oxygen atoms in total. The van der Waals surface area contributed by atoms with E-state index in [1.54, 1.807) is 0 Å². The van der Waals surface area contributed by atoms with E-state index in [-0.39, 0.29) is 11.4 Å². The van der Waals surface area contributed by atoms with E-state index in [9.17, 15) is 4.79 Å². The van der Waals surface area contributed by atoms with Crippen molar-refractivity contribution in [2.75, 3.05) is 0 Å². The quantitative estimate of drug-likeness (QED) is 0.714. The van der Waals surface area contributed by atoms with Crippen LogP contribution < -0.4 is 4.74 Å². The molecule has 0 aromatic heterocycles. The first-order valence-corrected chi connectivity index (χ1v) is 8.78. The van der Waals surface area contributed by atoms with Crippen LogP contribution in [0.25, 0.3) is 0 Å². The lowest BCUT2D eigenvalue weighted by atomic mass is 9.71. The predicted molar refractivity (Wildman–Crippen MR) is 87.9 cm³/mol. The molecule has 0 amide bonds. The Morgan fingerprint density at radius 1 is 1.43 bits per heavy atom. The van der Waals surface area contributed by atoms with Crippen molar-refractivity contribution >= 4 is 21.7 Å². The number of carbonyl (C=O) groups is 1. The number of hydrogen-bond donors (Lipinski definition) is 0. The van der Waals surface area contributed by atoms with E-state index in [0.29, 0.717) is 18.3 Å². The Balaban J connectivity index is 1.84. The van der Waals surface area contributed by atoms with Gasteiger partial charge in [0.2, 0.25) is 0 Å². The predicted octanol–water partition coefficient (Wildman–Crippen LogP) is 5.39. The number of halogens is 1. The van der Waals surface area contributed by atoms with Crippen molar-refractivity contribution in [2.45, 2.75) is 58.0 Å². The summed E-state index contributed by atoms with van der Waals surface area (Å²) in [5.74, 6) is 2.42. The normalized spacial score (nSPS) is 28.6. The lowest BCUT2D eigenvalue weighted by Gasteiger charge is -2.44.